The Bertz CT molecular complexity index is 1670. The molecule has 0 fully saturated rings. The zero-order chi connectivity index (χ0) is 27.8. The first-order valence-corrected chi connectivity index (χ1v) is 13.6. The minimum atomic E-state index is -0.326. The van der Waals surface area contributed by atoms with Crippen molar-refractivity contribution in [2.45, 2.75) is 39.8 Å². The summed E-state index contributed by atoms with van der Waals surface area (Å²) in [6.45, 7) is 6.58. The van der Waals surface area contributed by atoms with Crippen LogP contribution in [-0.2, 0) is 13.0 Å². The molecule has 0 saturated carbocycles. The van der Waals surface area contributed by atoms with Gasteiger partial charge in [-0.05, 0) is 67.8 Å². The van der Waals surface area contributed by atoms with E-state index in [0.29, 0.717) is 18.0 Å². The largest absolute Gasteiger partial charge is 0.495 e. The second-order valence-corrected chi connectivity index (χ2v) is 10.2. The number of hydrogen-bond donors (Lipinski definition) is 1. The van der Waals surface area contributed by atoms with Crippen molar-refractivity contribution < 1.29 is 9.53 Å². The first-order valence-electron chi connectivity index (χ1n) is 13.6. The van der Waals surface area contributed by atoms with Crippen molar-refractivity contribution in [3.05, 3.63) is 125 Å². The first kappa shape index (κ1) is 25.5. The van der Waals surface area contributed by atoms with Crippen LogP contribution in [0.1, 0.15) is 46.6 Å². The molecule has 2 amide bonds. The number of benzene rings is 3. The number of rotatable bonds is 5. The zero-order valence-corrected chi connectivity index (χ0v) is 23.3. The van der Waals surface area contributed by atoms with Crippen LogP contribution in [0.4, 0.5) is 10.5 Å². The lowest BCUT2D eigenvalue weighted by Crippen LogP contribution is -2.38. The summed E-state index contributed by atoms with van der Waals surface area (Å²) in [7, 11) is 1.62. The Hall–Kier alpha value is -4.78. The highest BCUT2D eigenvalue weighted by Gasteiger charge is 2.36. The van der Waals surface area contributed by atoms with E-state index < -0.39 is 0 Å². The summed E-state index contributed by atoms with van der Waals surface area (Å²) < 4.78 is 9.78. The van der Waals surface area contributed by atoms with Gasteiger partial charge in [0.25, 0.3) is 0 Å². The van der Waals surface area contributed by atoms with E-state index in [0.717, 1.165) is 46.0 Å². The SMILES string of the molecule is CCc1nn(-c2ccccc2)c2c1CN(C(=O)Nc1cc(C)ccc1OC)[C@H](c1ccc(C)cc1)c1cccn1-2. The second kappa shape index (κ2) is 10.4. The Labute approximate surface area is 234 Å². The van der Waals surface area contributed by atoms with E-state index >= 15 is 0 Å². The van der Waals surface area contributed by atoms with Gasteiger partial charge in [-0.2, -0.15) is 5.10 Å². The Morgan fingerprint density at radius 2 is 1.73 bits per heavy atom. The molecule has 1 N–H and O–H groups in total. The number of hydrogen-bond acceptors (Lipinski definition) is 3. The molecule has 0 unspecified atom stereocenters. The quantitative estimate of drug-likeness (QED) is 0.266. The molecule has 0 saturated heterocycles. The maximum absolute atomic E-state index is 14.3. The number of amides is 2. The van der Waals surface area contributed by atoms with Gasteiger partial charge < -0.3 is 19.5 Å². The predicted octanol–water partition coefficient (Wildman–Crippen LogP) is 6.99. The molecule has 1 aliphatic heterocycles. The predicted molar refractivity (Wildman–Crippen MR) is 158 cm³/mol. The van der Waals surface area contributed by atoms with Crippen LogP contribution >= 0.6 is 0 Å². The van der Waals surface area contributed by atoms with Gasteiger partial charge >= 0.3 is 6.03 Å². The number of methoxy groups -OCH3 is 1. The molecule has 3 heterocycles. The Kier molecular flexibility index (Phi) is 6.64. The number of fused-ring (bicyclic) bond motifs is 3. The van der Waals surface area contributed by atoms with Crippen molar-refractivity contribution >= 4 is 11.7 Å². The fourth-order valence-corrected chi connectivity index (χ4v) is 5.55. The highest BCUT2D eigenvalue weighted by Crippen LogP contribution is 2.39. The molecule has 2 aromatic heterocycles. The highest BCUT2D eigenvalue weighted by atomic mass is 16.5. The van der Waals surface area contributed by atoms with Gasteiger partial charge in [-0.15, -0.1) is 0 Å². The molecule has 0 bridgehead atoms. The van der Waals surface area contributed by atoms with Gasteiger partial charge in [0.05, 0.1) is 42.5 Å². The Morgan fingerprint density at radius 1 is 0.975 bits per heavy atom. The number of nitrogens with zero attached hydrogens (tertiary/aromatic N) is 4. The third-order valence-corrected chi connectivity index (χ3v) is 7.55. The summed E-state index contributed by atoms with van der Waals surface area (Å²) in [5.41, 5.74) is 7.87. The van der Waals surface area contributed by atoms with Crippen LogP contribution in [0.15, 0.2) is 91.1 Å². The summed E-state index contributed by atoms with van der Waals surface area (Å²) in [5, 5.41) is 8.21. The third kappa shape index (κ3) is 4.43. The molecule has 202 valence electrons. The van der Waals surface area contributed by atoms with Crippen LogP contribution in [-0.4, -0.2) is 32.4 Å². The maximum Gasteiger partial charge on any atom is 0.323 e. The summed E-state index contributed by atoms with van der Waals surface area (Å²) >= 11 is 0. The molecule has 40 heavy (non-hydrogen) atoms. The summed E-state index contributed by atoms with van der Waals surface area (Å²) in [4.78, 5) is 16.2. The van der Waals surface area contributed by atoms with E-state index in [1.54, 1.807) is 7.11 Å². The van der Waals surface area contributed by atoms with E-state index in [4.69, 9.17) is 9.84 Å². The number of aromatic nitrogens is 3. The lowest BCUT2D eigenvalue weighted by atomic mass is 10.0. The minimum absolute atomic E-state index is 0.204. The van der Waals surface area contributed by atoms with Crippen molar-refractivity contribution in [1.82, 2.24) is 19.2 Å². The monoisotopic (exact) mass is 531 g/mol. The Morgan fingerprint density at radius 3 is 2.45 bits per heavy atom. The molecule has 0 radical (unpaired) electrons. The van der Waals surface area contributed by atoms with Crippen molar-refractivity contribution in [1.29, 1.82) is 0 Å². The highest BCUT2D eigenvalue weighted by molar-refractivity contribution is 5.92. The number of carbonyl (C=O) groups excluding carboxylic acids is 1. The van der Waals surface area contributed by atoms with Crippen LogP contribution in [0.3, 0.4) is 0 Å². The molecule has 0 aliphatic carbocycles. The Balaban J connectivity index is 1.55. The molecule has 7 heteroatoms. The van der Waals surface area contributed by atoms with Crippen LogP contribution in [0.5, 0.6) is 5.75 Å². The number of urea groups is 1. The molecular formula is C33H33N5O2. The summed E-state index contributed by atoms with van der Waals surface area (Å²) in [5.74, 6) is 1.58. The van der Waals surface area contributed by atoms with Gasteiger partial charge in [0.2, 0.25) is 0 Å². The van der Waals surface area contributed by atoms with Crippen molar-refractivity contribution in [3.63, 3.8) is 0 Å². The van der Waals surface area contributed by atoms with Gasteiger partial charge in [-0.3, -0.25) is 0 Å². The van der Waals surface area contributed by atoms with Crippen molar-refractivity contribution in [2.75, 3.05) is 12.4 Å². The number of anilines is 1. The number of ether oxygens (including phenoxy) is 1. The molecule has 7 nitrogen and oxygen atoms in total. The lowest BCUT2D eigenvalue weighted by molar-refractivity contribution is 0.194. The number of carbonyl (C=O) groups is 1. The van der Waals surface area contributed by atoms with Crippen molar-refractivity contribution in [2.24, 2.45) is 0 Å². The average Bonchev–Trinajstić information content (AvgIpc) is 3.55. The number of nitrogens with one attached hydrogen (secondary N) is 1. The smallest absolute Gasteiger partial charge is 0.323 e. The van der Waals surface area contributed by atoms with Gasteiger partial charge in [0.15, 0.2) is 0 Å². The third-order valence-electron chi connectivity index (χ3n) is 7.55. The first-order chi connectivity index (χ1) is 19.5. The molecule has 0 spiro atoms. The number of aryl methyl sites for hydroxylation is 3. The van der Waals surface area contributed by atoms with E-state index in [9.17, 15) is 4.79 Å². The van der Waals surface area contributed by atoms with Gasteiger partial charge in [0.1, 0.15) is 11.6 Å². The average molecular weight is 532 g/mol. The van der Waals surface area contributed by atoms with Crippen molar-refractivity contribution in [3.8, 4) is 17.3 Å². The van der Waals surface area contributed by atoms with E-state index in [2.05, 4.69) is 72.4 Å². The van der Waals surface area contributed by atoms with E-state index in [1.807, 2.05) is 59.0 Å². The maximum atomic E-state index is 14.3. The fraction of sp³-hybridized carbons (Fsp3) is 0.212. The lowest BCUT2D eigenvalue weighted by Gasteiger charge is -2.31. The van der Waals surface area contributed by atoms with Gasteiger partial charge in [-0.1, -0.05) is 61.0 Å². The van der Waals surface area contributed by atoms with Crippen LogP contribution in [0.25, 0.3) is 11.5 Å². The van der Waals surface area contributed by atoms with Crippen LogP contribution < -0.4 is 10.1 Å². The van der Waals surface area contributed by atoms with E-state index in [1.165, 1.54) is 5.56 Å². The van der Waals surface area contributed by atoms with Gasteiger partial charge in [0, 0.05) is 11.8 Å². The number of para-hydroxylation sites is 1. The molecule has 5 aromatic rings. The zero-order valence-electron chi connectivity index (χ0n) is 23.3. The van der Waals surface area contributed by atoms with Crippen LogP contribution in [0, 0.1) is 13.8 Å². The molecule has 1 aliphatic rings. The summed E-state index contributed by atoms with van der Waals surface area (Å²) in [6.07, 6.45) is 2.82. The second-order valence-electron chi connectivity index (χ2n) is 10.2. The normalized spacial score (nSPS) is 14.3. The van der Waals surface area contributed by atoms with Crippen LogP contribution in [0.2, 0.25) is 0 Å². The molecular weight excluding hydrogens is 498 g/mol. The summed E-state index contributed by atoms with van der Waals surface area (Å²) in [6, 6.07) is 28.0. The van der Waals surface area contributed by atoms with E-state index in [-0.39, 0.29) is 12.1 Å². The minimum Gasteiger partial charge on any atom is -0.495 e. The molecule has 6 rings (SSSR count). The molecule has 3 aromatic carbocycles. The fourth-order valence-electron chi connectivity index (χ4n) is 5.55. The van der Waals surface area contributed by atoms with Gasteiger partial charge in [-0.25, -0.2) is 9.48 Å². The topological polar surface area (TPSA) is 64.3 Å². The molecule has 1 atom stereocenters. The standard InChI is InChI=1S/C33H33N5O2/c1-5-27-26-21-37(33(39)34-28-20-23(3)15-18-30(28)40-4)31(24-16-13-22(2)14-17-24)29-12-9-19-36(29)32(26)38(35-27)25-10-7-6-8-11-25/h6-20,31H,5,21H2,1-4H3,(H,34,39)/t31-/m1/s1.